The number of rotatable bonds is 2. The van der Waals surface area contributed by atoms with Crippen molar-refractivity contribution in [1.29, 1.82) is 0 Å². The summed E-state index contributed by atoms with van der Waals surface area (Å²) in [6, 6.07) is 3.50. The first-order chi connectivity index (χ1) is 13.2. The van der Waals surface area contributed by atoms with E-state index in [9.17, 15) is 27.6 Å². The van der Waals surface area contributed by atoms with Crippen LogP contribution >= 0.6 is 11.8 Å². The van der Waals surface area contributed by atoms with Crippen molar-refractivity contribution >= 4 is 29.5 Å². The highest BCUT2D eigenvalue weighted by Gasteiger charge is 2.50. The molecular weight excluding hydrogens is 399 g/mol. The van der Waals surface area contributed by atoms with E-state index in [2.05, 4.69) is 4.74 Å². The van der Waals surface area contributed by atoms with Gasteiger partial charge in [-0.15, -0.1) is 24.9 Å². The van der Waals surface area contributed by atoms with Crippen LogP contribution in [0, 0.1) is 0 Å². The number of ether oxygens (including phenoxy) is 1. The summed E-state index contributed by atoms with van der Waals surface area (Å²) in [6.45, 7) is 0.582. The van der Waals surface area contributed by atoms with E-state index in [-0.39, 0.29) is 37.0 Å². The zero-order valence-corrected chi connectivity index (χ0v) is 15.3. The minimum Gasteiger partial charge on any atom is -0.406 e. The molecule has 0 spiro atoms. The highest BCUT2D eigenvalue weighted by atomic mass is 32.2. The fourth-order valence-corrected chi connectivity index (χ4v) is 4.83. The fraction of sp³-hybridized carbons (Fsp3) is 0.471. The number of thioether (sulfide) groups is 1. The summed E-state index contributed by atoms with van der Waals surface area (Å²) in [6.07, 6.45) is -4.80. The molecule has 0 aromatic heterocycles. The quantitative estimate of drug-likeness (QED) is 0.725. The molecule has 3 heterocycles. The molecule has 3 fully saturated rings. The molecule has 0 radical (unpaired) electrons. The van der Waals surface area contributed by atoms with Crippen molar-refractivity contribution in [2.45, 2.75) is 18.4 Å². The Morgan fingerprint density at radius 2 is 1.71 bits per heavy atom. The molecule has 1 aromatic rings. The number of fused-ring (bicyclic) bond motifs is 2. The zero-order valence-electron chi connectivity index (χ0n) is 14.5. The summed E-state index contributed by atoms with van der Waals surface area (Å²) in [4.78, 5) is 42.6. The van der Waals surface area contributed by atoms with E-state index in [1.807, 2.05) is 0 Å². The Bertz CT molecular complexity index is 817. The number of carbonyl (C=O) groups excluding carboxylic acids is 3. The van der Waals surface area contributed by atoms with Crippen LogP contribution in [0.4, 0.5) is 13.2 Å². The number of hydrogen-bond acceptors (Lipinski definition) is 5. The molecule has 0 N–H and O–H groups in total. The van der Waals surface area contributed by atoms with Gasteiger partial charge in [-0.3, -0.25) is 14.4 Å². The summed E-state index contributed by atoms with van der Waals surface area (Å²) < 4.78 is 40.5. The molecule has 150 valence electrons. The lowest BCUT2D eigenvalue weighted by Gasteiger charge is -2.47. The van der Waals surface area contributed by atoms with Gasteiger partial charge in [0, 0.05) is 24.4 Å². The first-order valence-electron chi connectivity index (χ1n) is 8.58. The number of halogens is 3. The molecule has 1 aromatic carbocycles. The van der Waals surface area contributed by atoms with Crippen LogP contribution in [0.3, 0.4) is 0 Å². The van der Waals surface area contributed by atoms with Gasteiger partial charge in [0.2, 0.25) is 11.8 Å². The predicted molar refractivity (Wildman–Crippen MR) is 92.5 cm³/mol. The molecule has 0 aliphatic carbocycles. The maximum atomic E-state index is 12.7. The molecule has 3 saturated heterocycles. The van der Waals surface area contributed by atoms with Crippen molar-refractivity contribution in [1.82, 2.24) is 14.7 Å². The number of benzene rings is 1. The lowest BCUT2D eigenvalue weighted by Crippen LogP contribution is -2.69. The third-order valence-electron chi connectivity index (χ3n) is 5.02. The van der Waals surface area contributed by atoms with Crippen molar-refractivity contribution < 1.29 is 32.3 Å². The molecule has 7 nitrogen and oxygen atoms in total. The molecule has 0 saturated carbocycles. The number of piperazine rings is 2. The Morgan fingerprint density at radius 1 is 1.04 bits per heavy atom. The van der Waals surface area contributed by atoms with Crippen LogP contribution in [-0.4, -0.2) is 82.1 Å². The van der Waals surface area contributed by atoms with Crippen molar-refractivity contribution in [2.24, 2.45) is 0 Å². The number of carbonyl (C=O) groups is 3. The Kier molecular flexibility index (Phi) is 4.64. The van der Waals surface area contributed by atoms with Crippen LogP contribution in [0.1, 0.15) is 10.4 Å². The summed E-state index contributed by atoms with van der Waals surface area (Å²) in [5, 5.41) is 0. The Balaban J connectivity index is 1.47. The molecule has 3 aliphatic heterocycles. The second kappa shape index (κ2) is 6.87. The van der Waals surface area contributed by atoms with Gasteiger partial charge < -0.3 is 19.4 Å². The standard InChI is InChI=1S/C17H16F3N3O4S/c18-17(19,20)27-11-3-1-10(2-4-11)14(24)21-5-6-22-12(7-21)15(25)23-9-28-8-13(23)16(22)26/h1-4,12-13H,5-9H2/t12-,13+/m1/s1. The van der Waals surface area contributed by atoms with Crippen LogP contribution in [0.2, 0.25) is 0 Å². The van der Waals surface area contributed by atoms with Crippen molar-refractivity contribution in [3.05, 3.63) is 29.8 Å². The van der Waals surface area contributed by atoms with Crippen molar-refractivity contribution in [3.8, 4) is 5.75 Å². The highest BCUT2D eigenvalue weighted by molar-refractivity contribution is 7.99. The third kappa shape index (κ3) is 3.38. The first-order valence-corrected chi connectivity index (χ1v) is 9.74. The average Bonchev–Trinajstić information content (AvgIpc) is 3.15. The minimum absolute atomic E-state index is 0.0676. The smallest absolute Gasteiger partial charge is 0.406 e. The Morgan fingerprint density at radius 3 is 2.39 bits per heavy atom. The summed E-state index contributed by atoms with van der Waals surface area (Å²) >= 11 is 1.53. The summed E-state index contributed by atoms with van der Waals surface area (Å²) in [5.74, 6) is -0.0241. The lowest BCUT2D eigenvalue weighted by molar-refractivity contribution is -0.274. The number of amides is 3. The van der Waals surface area contributed by atoms with Gasteiger partial charge in [-0.1, -0.05) is 0 Å². The van der Waals surface area contributed by atoms with Crippen LogP contribution in [0.5, 0.6) is 5.75 Å². The van der Waals surface area contributed by atoms with Crippen molar-refractivity contribution in [2.75, 3.05) is 31.3 Å². The number of alkyl halides is 3. The van der Waals surface area contributed by atoms with E-state index in [0.29, 0.717) is 11.6 Å². The average molecular weight is 415 g/mol. The maximum absolute atomic E-state index is 12.7. The van der Waals surface area contributed by atoms with E-state index in [1.54, 1.807) is 9.80 Å². The van der Waals surface area contributed by atoms with Gasteiger partial charge in [0.05, 0.1) is 12.4 Å². The highest BCUT2D eigenvalue weighted by Crippen LogP contribution is 2.31. The van der Waals surface area contributed by atoms with Gasteiger partial charge in [-0.2, -0.15) is 0 Å². The zero-order chi connectivity index (χ0) is 20.1. The normalized spacial score (nSPS) is 24.9. The molecule has 2 atom stereocenters. The van der Waals surface area contributed by atoms with Gasteiger partial charge in [-0.25, -0.2) is 0 Å². The van der Waals surface area contributed by atoms with Crippen molar-refractivity contribution in [3.63, 3.8) is 0 Å². The van der Waals surface area contributed by atoms with Gasteiger partial charge in [0.15, 0.2) is 0 Å². The van der Waals surface area contributed by atoms with Crippen LogP contribution < -0.4 is 4.74 Å². The van der Waals surface area contributed by atoms with E-state index < -0.39 is 30.1 Å². The van der Waals surface area contributed by atoms with Gasteiger partial charge in [-0.05, 0) is 24.3 Å². The molecule has 28 heavy (non-hydrogen) atoms. The van der Waals surface area contributed by atoms with E-state index in [4.69, 9.17) is 0 Å². The van der Waals surface area contributed by atoms with E-state index in [0.717, 1.165) is 12.1 Å². The van der Waals surface area contributed by atoms with E-state index in [1.165, 1.54) is 28.8 Å². The van der Waals surface area contributed by atoms with Gasteiger partial charge in [0.25, 0.3) is 5.91 Å². The third-order valence-corrected chi connectivity index (χ3v) is 6.03. The molecule has 0 unspecified atom stereocenters. The second-order valence-corrected chi connectivity index (χ2v) is 7.69. The maximum Gasteiger partial charge on any atom is 0.573 e. The van der Waals surface area contributed by atoms with Crippen LogP contribution in [0.15, 0.2) is 24.3 Å². The Hall–Kier alpha value is -2.43. The molecular formula is C17H16F3N3O4S. The first kappa shape index (κ1) is 18.9. The summed E-state index contributed by atoms with van der Waals surface area (Å²) in [5.41, 5.74) is 0.187. The fourth-order valence-electron chi connectivity index (χ4n) is 3.67. The number of nitrogens with zero attached hydrogens (tertiary/aromatic N) is 3. The monoisotopic (exact) mass is 415 g/mol. The molecule has 0 bridgehead atoms. The molecule has 3 aliphatic rings. The predicted octanol–water partition coefficient (Wildman–Crippen LogP) is 1.15. The lowest BCUT2D eigenvalue weighted by atomic mass is 10.0. The Labute approximate surface area is 162 Å². The second-order valence-electron chi connectivity index (χ2n) is 6.69. The SMILES string of the molecule is O=C(c1ccc(OC(F)(F)F)cc1)N1CCN2C(=O)[C@@H]3CSCN3C(=O)[C@H]2C1. The van der Waals surface area contributed by atoms with Gasteiger partial charge >= 0.3 is 6.36 Å². The van der Waals surface area contributed by atoms with Gasteiger partial charge in [0.1, 0.15) is 17.8 Å². The number of hydrogen-bond donors (Lipinski definition) is 0. The topological polar surface area (TPSA) is 70.2 Å². The molecule has 3 amide bonds. The van der Waals surface area contributed by atoms with Crippen LogP contribution in [-0.2, 0) is 9.59 Å². The van der Waals surface area contributed by atoms with E-state index >= 15 is 0 Å². The van der Waals surface area contributed by atoms with Crippen LogP contribution in [0.25, 0.3) is 0 Å². The summed E-state index contributed by atoms with van der Waals surface area (Å²) in [7, 11) is 0. The molecule has 4 rings (SSSR count). The minimum atomic E-state index is -4.80. The molecule has 11 heteroatoms. The largest absolute Gasteiger partial charge is 0.573 e.